The number of hydrogen-bond donors (Lipinski definition) is 0. The molecule has 1 aromatic carbocycles. The van der Waals surface area contributed by atoms with Crippen LogP contribution in [0, 0.1) is 0 Å². The summed E-state index contributed by atoms with van der Waals surface area (Å²) in [6.45, 7) is 9.36. The molecule has 0 bridgehead atoms. The SMILES string of the molecule is CC(=O)N1CCN(C(=O)CCN(C(C)=O)c2ccccc2OC(C)C)CC1. The van der Waals surface area contributed by atoms with Crippen molar-refractivity contribution in [3.05, 3.63) is 24.3 Å². The summed E-state index contributed by atoms with van der Waals surface area (Å²) in [7, 11) is 0. The van der Waals surface area contributed by atoms with Crippen LogP contribution in [0.1, 0.15) is 34.1 Å². The van der Waals surface area contributed by atoms with Crippen molar-refractivity contribution in [2.45, 2.75) is 40.2 Å². The van der Waals surface area contributed by atoms with E-state index in [2.05, 4.69) is 0 Å². The van der Waals surface area contributed by atoms with Gasteiger partial charge >= 0.3 is 0 Å². The Balaban J connectivity index is 2.01. The van der Waals surface area contributed by atoms with Crippen molar-refractivity contribution in [2.75, 3.05) is 37.6 Å². The molecule has 0 unspecified atom stereocenters. The molecule has 0 saturated carbocycles. The number of para-hydroxylation sites is 2. The lowest BCUT2D eigenvalue weighted by Crippen LogP contribution is -2.50. The number of ether oxygens (including phenoxy) is 1. The topological polar surface area (TPSA) is 70.2 Å². The van der Waals surface area contributed by atoms with Crippen molar-refractivity contribution in [3.8, 4) is 5.75 Å². The molecule has 0 radical (unpaired) electrons. The van der Waals surface area contributed by atoms with Crippen LogP contribution in [0.2, 0.25) is 0 Å². The van der Waals surface area contributed by atoms with Gasteiger partial charge in [0, 0.05) is 53.0 Å². The molecule has 0 atom stereocenters. The van der Waals surface area contributed by atoms with Crippen molar-refractivity contribution < 1.29 is 19.1 Å². The van der Waals surface area contributed by atoms with Gasteiger partial charge in [-0.05, 0) is 26.0 Å². The summed E-state index contributed by atoms with van der Waals surface area (Å²) in [4.78, 5) is 41.2. The van der Waals surface area contributed by atoms with E-state index in [4.69, 9.17) is 4.74 Å². The molecule has 2 rings (SSSR count). The molecule has 7 nitrogen and oxygen atoms in total. The van der Waals surface area contributed by atoms with E-state index in [1.165, 1.54) is 6.92 Å². The van der Waals surface area contributed by atoms with E-state index in [1.807, 2.05) is 38.1 Å². The fourth-order valence-electron chi connectivity index (χ4n) is 3.12. The highest BCUT2D eigenvalue weighted by atomic mass is 16.5. The minimum atomic E-state index is -0.135. The zero-order valence-corrected chi connectivity index (χ0v) is 16.6. The molecular formula is C20H29N3O4. The number of benzene rings is 1. The largest absolute Gasteiger partial charge is 0.489 e. The number of piperazine rings is 1. The molecule has 27 heavy (non-hydrogen) atoms. The van der Waals surface area contributed by atoms with Gasteiger partial charge in [0.05, 0.1) is 11.8 Å². The van der Waals surface area contributed by atoms with E-state index in [0.717, 1.165) is 0 Å². The first kappa shape index (κ1) is 20.7. The van der Waals surface area contributed by atoms with Crippen LogP contribution in [0.3, 0.4) is 0 Å². The number of nitrogens with zero attached hydrogens (tertiary/aromatic N) is 3. The lowest BCUT2D eigenvalue weighted by Gasteiger charge is -2.34. The van der Waals surface area contributed by atoms with Crippen molar-refractivity contribution in [1.29, 1.82) is 0 Å². The molecule has 1 aliphatic rings. The number of anilines is 1. The lowest BCUT2D eigenvalue weighted by molar-refractivity contribution is -0.138. The second-order valence-corrected chi connectivity index (χ2v) is 6.94. The average Bonchev–Trinajstić information content (AvgIpc) is 2.62. The van der Waals surface area contributed by atoms with E-state index >= 15 is 0 Å². The lowest BCUT2D eigenvalue weighted by atomic mass is 10.2. The Labute approximate surface area is 160 Å². The number of carbonyl (C=O) groups excluding carboxylic acids is 3. The predicted octanol–water partition coefficient (Wildman–Crippen LogP) is 1.91. The van der Waals surface area contributed by atoms with Crippen LogP contribution in [0.25, 0.3) is 0 Å². The Morgan fingerprint density at radius 3 is 2.19 bits per heavy atom. The maximum Gasteiger partial charge on any atom is 0.224 e. The van der Waals surface area contributed by atoms with Crippen LogP contribution < -0.4 is 9.64 Å². The fraction of sp³-hybridized carbons (Fsp3) is 0.550. The predicted molar refractivity (Wildman–Crippen MR) is 104 cm³/mol. The average molecular weight is 375 g/mol. The third-order valence-electron chi connectivity index (χ3n) is 4.53. The molecule has 1 heterocycles. The van der Waals surface area contributed by atoms with Gasteiger partial charge in [-0.1, -0.05) is 12.1 Å². The smallest absolute Gasteiger partial charge is 0.224 e. The summed E-state index contributed by atoms with van der Waals surface area (Å²) in [6.07, 6.45) is 0.217. The van der Waals surface area contributed by atoms with Crippen LogP contribution in [-0.4, -0.2) is 66.3 Å². The highest BCUT2D eigenvalue weighted by molar-refractivity contribution is 5.94. The second-order valence-electron chi connectivity index (χ2n) is 6.94. The van der Waals surface area contributed by atoms with Gasteiger partial charge in [-0.2, -0.15) is 0 Å². The zero-order chi connectivity index (χ0) is 20.0. The number of rotatable bonds is 6. The molecule has 148 valence electrons. The van der Waals surface area contributed by atoms with Crippen LogP contribution in [0.15, 0.2) is 24.3 Å². The number of hydrogen-bond acceptors (Lipinski definition) is 4. The molecule has 0 aliphatic carbocycles. The molecule has 1 aliphatic heterocycles. The van der Waals surface area contributed by atoms with Gasteiger partial charge < -0.3 is 19.4 Å². The zero-order valence-electron chi connectivity index (χ0n) is 16.6. The third kappa shape index (κ3) is 5.70. The molecule has 3 amide bonds. The van der Waals surface area contributed by atoms with Gasteiger partial charge in [0.1, 0.15) is 5.75 Å². The van der Waals surface area contributed by atoms with Gasteiger partial charge in [-0.15, -0.1) is 0 Å². The maximum absolute atomic E-state index is 12.5. The highest BCUT2D eigenvalue weighted by Gasteiger charge is 2.24. The van der Waals surface area contributed by atoms with Crippen LogP contribution in [-0.2, 0) is 14.4 Å². The first-order valence-electron chi connectivity index (χ1n) is 9.36. The van der Waals surface area contributed by atoms with Crippen LogP contribution in [0.5, 0.6) is 5.75 Å². The van der Waals surface area contributed by atoms with Crippen LogP contribution in [0.4, 0.5) is 5.69 Å². The minimum absolute atomic E-state index is 0.00767. The van der Waals surface area contributed by atoms with Gasteiger partial charge in [-0.3, -0.25) is 14.4 Å². The summed E-state index contributed by atoms with van der Waals surface area (Å²) in [5.74, 6) is 0.521. The Bertz CT molecular complexity index is 682. The Morgan fingerprint density at radius 1 is 1.04 bits per heavy atom. The van der Waals surface area contributed by atoms with Gasteiger partial charge in [0.25, 0.3) is 0 Å². The normalized spacial score (nSPS) is 14.3. The van der Waals surface area contributed by atoms with Gasteiger partial charge in [0.2, 0.25) is 17.7 Å². The molecule has 0 N–H and O–H groups in total. The molecule has 0 spiro atoms. The Hall–Kier alpha value is -2.57. The van der Waals surface area contributed by atoms with E-state index in [1.54, 1.807) is 21.6 Å². The monoisotopic (exact) mass is 375 g/mol. The van der Waals surface area contributed by atoms with Crippen molar-refractivity contribution in [2.24, 2.45) is 0 Å². The molecule has 1 aromatic rings. The summed E-state index contributed by atoms with van der Waals surface area (Å²) in [5, 5.41) is 0. The minimum Gasteiger partial charge on any atom is -0.489 e. The van der Waals surface area contributed by atoms with E-state index in [0.29, 0.717) is 44.2 Å². The Kier molecular flexibility index (Phi) is 7.21. The van der Waals surface area contributed by atoms with Gasteiger partial charge in [-0.25, -0.2) is 0 Å². The highest BCUT2D eigenvalue weighted by Crippen LogP contribution is 2.29. The maximum atomic E-state index is 12.5. The summed E-state index contributed by atoms with van der Waals surface area (Å²) < 4.78 is 5.81. The molecule has 7 heteroatoms. The van der Waals surface area contributed by atoms with Crippen molar-refractivity contribution in [3.63, 3.8) is 0 Å². The summed E-state index contributed by atoms with van der Waals surface area (Å²) in [6, 6.07) is 7.36. The van der Waals surface area contributed by atoms with Crippen molar-refractivity contribution >= 4 is 23.4 Å². The summed E-state index contributed by atoms with van der Waals surface area (Å²) >= 11 is 0. The molecule has 0 aromatic heterocycles. The third-order valence-corrected chi connectivity index (χ3v) is 4.53. The van der Waals surface area contributed by atoms with Crippen LogP contribution >= 0.6 is 0 Å². The standard InChI is InChI=1S/C20H29N3O4/c1-15(2)27-19-8-6-5-7-18(19)23(17(4)25)10-9-20(26)22-13-11-21(12-14-22)16(3)24/h5-8,15H,9-14H2,1-4H3. The van der Waals surface area contributed by atoms with Gasteiger partial charge in [0.15, 0.2) is 0 Å². The van der Waals surface area contributed by atoms with E-state index in [9.17, 15) is 14.4 Å². The molecule has 1 saturated heterocycles. The molecule has 1 fully saturated rings. The Morgan fingerprint density at radius 2 is 1.63 bits per heavy atom. The number of amides is 3. The summed E-state index contributed by atoms with van der Waals surface area (Å²) in [5.41, 5.74) is 0.674. The molecular weight excluding hydrogens is 346 g/mol. The number of carbonyl (C=O) groups is 3. The van der Waals surface area contributed by atoms with E-state index in [-0.39, 0.29) is 30.2 Å². The van der Waals surface area contributed by atoms with Crippen molar-refractivity contribution in [1.82, 2.24) is 9.80 Å². The second kappa shape index (κ2) is 9.39. The quantitative estimate of drug-likeness (QED) is 0.762. The first-order valence-corrected chi connectivity index (χ1v) is 9.36. The van der Waals surface area contributed by atoms with E-state index < -0.39 is 0 Å². The first-order chi connectivity index (χ1) is 12.8. The fourth-order valence-corrected chi connectivity index (χ4v) is 3.12.